The second kappa shape index (κ2) is 8.98. The van der Waals surface area contributed by atoms with Crippen LogP contribution in [0.1, 0.15) is 16.7 Å². The average molecular weight is 412 g/mol. The van der Waals surface area contributed by atoms with Gasteiger partial charge in [-0.05, 0) is 36.6 Å². The van der Waals surface area contributed by atoms with Crippen LogP contribution in [0, 0.1) is 18.3 Å². The molecule has 3 aromatic carbocycles. The molecule has 4 nitrogen and oxygen atoms in total. The summed E-state index contributed by atoms with van der Waals surface area (Å²) >= 11 is 1.35. The lowest BCUT2D eigenvalue weighted by Crippen LogP contribution is -2.25. The number of fused-ring (bicyclic) bond motifs is 1. The molecule has 148 valence electrons. The van der Waals surface area contributed by atoms with E-state index >= 15 is 0 Å². The molecule has 0 bridgehead atoms. The van der Waals surface area contributed by atoms with E-state index in [4.69, 9.17) is 4.98 Å². The molecule has 0 saturated carbocycles. The molecule has 1 heterocycles. The number of hydrogen-bond acceptors (Lipinski definition) is 4. The van der Waals surface area contributed by atoms with Gasteiger partial charge in [-0.1, -0.05) is 84.1 Å². The number of aromatic nitrogens is 2. The van der Waals surface area contributed by atoms with E-state index in [2.05, 4.69) is 6.07 Å². The molecule has 0 aliphatic rings. The van der Waals surface area contributed by atoms with Crippen LogP contribution in [0.5, 0.6) is 0 Å². The third kappa shape index (κ3) is 4.45. The van der Waals surface area contributed by atoms with Crippen molar-refractivity contribution < 1.29 is 0 Å². The quantitative estimate of drug-likeness (QED) is 0.332. The number of rotatable bonds is 6. The van der Waals surface area contributed by atoms with Crippen molar-refractivity contribution in [2.45, 2.75) is 30.3 Å². The molecular formula is C25H21N3OS. The lowest BCUT2D eigenvalue weighted by Gasteiger charge is -2.15. The highest BCUT2D eigenvalue weighted by atomic mass is 32.2. The zero-order valence-electron chi connectivity index (χ0n) is 16.7. The van der Waals surface area contributed by atoms with Crippen molar-refractivity contribution in [3.05, 3.63) is 106 Å². The Morgan fingerprint density at radius 3 is 2.40 bits per heavy atom. The largest absolute Gasteiger partial charge is 0.283 e. The first-order valence-corrected chi connectivity index (χ1v) is 10.7. The second-order valence-corrected chi connectivity index (χ2v) is 8.38. The van der Waals surface area contributed by atoms with Crippen molar-refractivity contribution in [2.75, 3.05) is 0 Å². The minimum Gasteiger partial charge on any atom is -0.283 e. The predicted molar refractivity (Wildman–Crippen MR) is 122 cm³/mol. The summed E-state index contributed by atoms with van der Waals surface area (Å²) in [6, 6.07) is 27.8. The van der Waals surface area contributed by atoms with Gasteiger partial charge in [0.1, 0.15) is 5.25 Å². The van der Waals surface area contributed by atoms with E-state index in [0.29, 0.717) is 29.0 Å². The van der Waals surface area contributed by atoms with E-state index in [1.165, 1.54) is 17.3 Å². The molecule has 1 unspecified atom stereocenters. The Labute approximate surface area is 179 Å². The fraction of sp³-hybridized carbons (Fsp3) is 0.160. The highest BCUT2D eigenvalue weighted by Crippen LogP contribution is 2.25. The lowest BCUT2D eigenvalue weighted by atomic mass is 10.1. The maximum atomic E-state index is 13.2. The smallest absolute Gasteiger partial charge is 0.262 e. The molecule has 0 N–H and O–H groups in total. The number of nitrogens with zero attached hydrogens (tertiary/aromatic N) is 3. The van der Waals surface area contributed by atoms with Crippen LogP contribution in [0.4, 0.5) is 0 Å². The first-order chi connectivity index (χ1) is 14.6. The number of para-hydroxylation sites is 1. The molecule has 0 aliphatic carbocycles. The Hall–Kier alpha value is -3.36. The maximum absolute atomic E-state index is 13.2. The fourth-order valence-electron chi connectivity index (χ4n) is 3.32. The lowest BCUT2D eigenvalue weighted by molar-refractivity contribution is 0.657. The van der Waals surface area contributed by atoms with Gasteiger partial charge >= 0.3 is 0 Å². The summed E-state index contributed by atoms with van der Waals surface area (Å²) in [6.07, 6.45) is 0.593. The highest BCUT2D eigenvalue weighted by Gasteiger charge is 2.18. The van der Waals surface area contributed by atoms with E-state index in [-0.39, 0.29) is 10.8 Å². The number of aryl methyl sites for hydroxylation is 1. The molecular weight excluding hydrogens is 390 g/mol. The summed E-state index contributed by atoms with van der Waals surface area (Å²) in [5.41, 5.74) is 3.87. The van der Waals surface area contributed by atoms with Crippen molar-refractivity contribution >= 4 is 22.7 Å². The number of hydrogen-bond donors (Lipinski definition) is 0. The normalized spacial score (nSPS) is 11.9. The molecule has 4 aromatic rings. The predicted octanol–water partition coefficient (Wildman–Crippen LogP) is 4.98. The van der Waals surface area contributed by atoms with Crippen LogP contribution in [0.3, 0.4) is 0 Å². The molecule has 0 aliphatic heterocycles. The Kier molecular flexibility index (Phi) is 5.97. The zero-order chi connectivity index (χ0) is 20.9. The number of nitriles is 1. The van der Waals surface area contributed by atoms with Crippen molar-refractivity contribution in [3.63, 3.8) is 0 Å². The van der Waals surface area contributed by atoms with E-state index < -0.39 is 0 Å². The zero-order valence-corrected chi connectivity index (χ0v) is 17.5. The van der Waals surface area contributed by atoms with Gasteiger partial charge in [0.2, 0.25) is 0 Å². The minimum atomic E-state index is -0.345. The van der Waals surface area contributed by atoms with Crippen LogP contribution in [0.2, 0.25) is 0 Å². The number of thioether (sulfide) groups is 1. The molecule has 0 fully saturated rings. The van der Waals surface area contributed by atoms with E-state index in [1.807, 2.05) is 79.7 Å². The third-order valence-corrected chi connectivity index (χ3v) is 6.02. The molecule has 0 amide bonds. The van der Waals surface area contributed by atoms with Gasteiger partial charge in [-0.3, -0.25) is 9.36 Å². The summed E-state index contributed by atoms with van der Waals surface area (Å²) in [6.45, 7) is 2.46. The molecule has 30 heavy (non-hydrogen) atoms. The van der Waals surface area contributed by atoms with Crippen LogP contribution in [0.15, 0.2) is 88.8 Å². The molecule has 0 radical (unpaired) electrons. The average Bonchev–Trinajstić information content (AvgIpc) is 2.78. The summed E-state index contributed by atoms with van der Waals surface area (Å²) in [7, 11) is 0. The van der Waals surface area contributed by atoms with Gasteiger partial charge in [0.25, 0.3) is 5.56 Å². The van der Waals surface area contributed by atoms with Gasteiger partial charge in [0, 0.05) is 0 Å². The molecule has 1 atom stereocenters. The molecule has 0 saturated heterocycles. The standard InChI is InChI=1S/C25H21N3OS/c1-18-11-13-19(14-12-18)15-21(16-26)30-25-27-23-10-6-5-9-22(23)24(29)28(25)17-20-7-3-2-4-8-20/h2-14,21H,15,17H2,1H3. The maximum Gasteiger partial charge on any atom is 0.262 e. The summed E-state index contributed by atoms with van der Waals surface area (Å²) in [4.78, 5) is 18.0. The van der Waals surface area contributed by atoms with Crippen molar-refractivity contribution in [3.8, 4) is 6.07 Å². The van der Waals surface area contributed by atoms with Crippen molar-refractivity contribution in [1.82, 2.24) is 9.55 Å². The first kappa shape index (κ1) is 19.9. The number of benzene rings is 3. The van der Waals surface area contributed by atoms with Gasteiger partial charge < -0.3 is 0 Å². The van der Waals surface area contributed by atoms with Crippen LogP contribution >= 0.6 is 11.8 Å². The van der Waals surface area contributed by atoms with Crippen LogP contribution in [-0.4, -0.2) is 14.8 Å². The molecule has 0 spiro atoms. The summed E-state index contributed by atoms with van der Waals surface area (Å²) in [5, 5.41) is 10.6. The van der Waals surface area contributed by atoms with Gasteiger partial charge in [-0.25, -0.2) is 4.98 Å². The molecule has 1 aromatic heterocycles. The summed E-state index contributed by atoms with van der Waals surface area (Å²) < 4.78 is 1.68. The third-order valence-electron chi connectivity index (χ3n) is 4.94. The van der Waals surface area contributed by atoms with Crippen LogP contribution in [-0.2, 0) is 13.0 Å². The second-order valence-electron chi connectivity index (χ2n) is 7.21. The van der Waals surface area contributed by atoms with Gasteiger partial charge in [0.05, 0.1) is 23.5 Å². The van der Waals surface area contributed by atoms with Crippen LogP contribution < -0.4 is 5.56 Å². The van der Waals surface area contributed by atoms with E-state index in [9.17, 15) is 10.1 Å². The SMILES string of the molecule is Cc1ccc(CC(C#N)Sc2nc3ccccc3c(=O)n2Cc2ccccc2)cc1. The van der Waals surface area contributed by atoms with Gasteiger partial charge in [-0.15, -0.1) is 0 Å². The van der Waals surface area contributed by atoms with E-state index in [0.717, 1.165) is 11.1 Å². The van der Waals surface area contributed by atoms with Gasteiger partial charge in [0.15, 0.2) is 5.16 Å². The minimum absolute atomic E-state index is 0.0843. The monoisotopic (exact) mass is 411 g/mol. The Bertz CT molecular complexity index is 1260. The summed E-state index contributed by atoms with van der Waals surface area (Å²) in [5.74, 6) is 0. The topological polar surface area (TPSA) is 58.7 Å². The van der Waals surface area contributed by atoms with Gasteiger partial charge in [-0.2, -0.15) is 5.26 Å². The Morgan fingerprint density at radius 1 is 0.967 bits per heavy atom. The Balaban J connectivity index is 1.72. The van der Waals surface area contributed by atoms with E-state index in [1.54, 1.807) is 10.6 Å². The Morgan fingerprint density at radius 2 is 1.67 bits per heavy atom. The highest BCUT2D eigenvalue weighted by molar-refractivity contribution is 8.00. The van der Waals surface area contributed by atoms with Crippen LogP contribution in [0.25, 0.3) is 10.9 Å². The molecule has 4 rings (SSSR count). The fourth-order valence-corrected chi connectivity index (χ4v) is 4.33. The first-order valence-electron chi connectivity index (χ1n) is 9.79. The van der Waals surface area contributed by atoms with Crippen molar-refractivity contribution in [2.24, 2.45) is 0 Å². The van der Waals surface area contributed by atoms with Crippen molar-refractivity contribution in [1.29, 1.82) is 5.26 Å². The molecule has 5 heteroatoms.